The van der Waals surface area contributed by atoms with Crippen LogP contribution in [0.15, 0.2) is 12.1 Å². The van der Waals surface area contributed by atoms with Crippen molar-refractivity contribution in [3.05, 3.63) is 35.1 Å². The van der Waals surface area contributed by atoms with Crippen LogP contribution in [0.1, 0.15) is 37.3 Å². The second-order valence-electron chi connectivity index (χ2n) is 6.04. The highest BCUT2D eigenvalue weighted by Gasteiger charge is 2.34. The molecule has 0 radical (unpaired) electrons. The molecule has 2 fully saturated rings. The quantitative estimate of drug-likeness (QED) is 0.806. The lowest BCUT2D eigenvalue weighted by molar-refractivity contribution is 0.121. The molecule has 1 heterocycles. The second-order valence-corrected chi connectivity index (χ2v) is 6.04. The molecule has 7 heteroatoms. The van der Waals surface area contributed by atoms with Gasteiger partial charge in [-0.15, -0.1) is 24.8 Å². The number of hydrogen-bond acceptors (Lipinski definition) is 2. The zero-order chi connectivity index (χ0) is 14.8. The smallest absolute Gasteiger partial charge is 0.194 e. The van der Waals surface area contributed by atoms with E-state index in [2.05, 4.69) is 10.2 Å². The molecule has 1 N–H and O–H groups in total. The molecular weight excluding hydrogens is 348 g/mol. The number of halogens is 5. The Morgan fingerprint density at radius 3 is 2.17 bits per heavy atom. The minimum atomic E-state index is -1.34. The van der Waals surface area contributed by atoms with Gasteiger partial charge < -0.3 is 5.32 Å². The molecule has 0 amide bonds. The van der Waals surface area contributed by atoms with E-state index in [0.29, 0.717) is 11.5 Å². The molecule has 0 unspecified atom stereocenters. The first-order chi connectivity index (χ1) is 10.2. The van der Waals surface area contributed by atoms with Crippen LogP contribution in [0, 0.1) is 23.4 Å². The largest absolute Gasteiger partial charge is 0.314 e. The fraction of sp³-hybridized carbons (Fsp3) is 0.625. The second kappa shape index (κ2) is 9.11. The maximum atomic E-state index is 14.3. The fourth-order valence-corrected chi connectivity index (χ4v) is 3.75. The molecule has 2 nitrogen and oxygen atoms in total. The molecular formula is C16H23Cl2F3N2. The molecule has 0 aromatic heterocycles. The molecule has 2 aliphatic rings. The van der Waals surface area contributed by atoms with Crippen molar-refractivity contribution in [2.75, 3.05) is 26.2 Å². The van der Waals surface area contributed by atoms with Gasteiger partial charge in [-0.3, -0.25) is 4.90 Å². The van der Waals surface area contributed by atoms with Crippen LogP contribution >= 0.6 is 24.8 Å². The molecule has 1 saturated heterocycles. The monoisotopic (exact) mass is 370 g/mol. The van der Waals surface area contributed by atoms with Gasteiger partial charge in [0.25, 0.3) is 0 Å². The number of benzene rings is 1. The van der Waals surface area contributed by atoms with Gasteiger partial charge in [-0.05, 0) is 24.8 Å². The van der Waals surface area contributed by atoms with Crippen LogP contribution in [0.3, 0.4) is 0 Å². The average Bonchev–Trinajstić information content (AvgIpc) is 3.03. The van der Waals surface area contributed by atoms with Gasteiger partial charge in [-0.25, -0.2) is 13.2 Å². The van der Waals surface area contributed by atoms with E-state index in [1.165, 1.54) is 6.07 Å². The van der Waals surface area contributed by atoms with Crippen LogP contribution in [0.2, 0.25) is 0 Å². The fourth-order valence-electron chi connectivity index (χ4n) is 3.75. The summed E-state index contributed by atoms with van der Waals surface area (Å²) < 4.78 is 41.1. The van der Waals surface area contributed by atoms with Crippen molar-refractivity contribution in [3.63, 3.8) is 0 Å². The summed E-state index contributed by atoms with van der Waals surface area (Å²) in [4.78, 5) is 2.22. The standard InChI is InChI=1S/C16H21F3N2.2ClH/c17-13-6-5-12(14(18)15(13)19)16(11-3-1-2-4-11)21-9-7-20-8-10-21;;/h5-6,11,16,20H,1-4,7-10H2;2*1H/t16-;;/m0../s1. The van der Waals surface area contributed by atoms with E-state index in [1.54, 1.807) is 0 Å². The van der Waals surface area contributed by atoms with Crippen molar-refractivity contribution in [3.8, 4) is 0 Å². The third kappa shape index (κ3) is 4.32. The van der Waals surface area contributed by atoms with Crippen molar-refractivity contribution in [1.82, 2.24) is 10.2 Å². The Morgan fingerprint density at radius 1 is 0.957 bits per heavy atom. The van der Waals surface area contributed by atoms with E-state index in [-0.39, 0.29) is 30.9 Å². The molecule has 1 aromatic carbocycles. The van der Waals surface area contributed by atoms with Crippen LogP contribution in [0.4, 0.5) is 13.2 Å². The molecule has 1 saturated carbocycles. The summed E-state index contributed by atoms with van der Waals surface area (Å²) >= 11 is 0. The Hall–Kier alpha value is -0.490. The Kier molecular flexibility index (Phi) is 8.14. The number of rotatable bonds is 3. The summed E-state index contributed by atoms with van der Waals surface area (Å²) in [6.45, 7) is 3.35. The SMILES string of the molecule is Cl.Cl.Fc1ccc([C@H](C2CCCC2)N2CCNCC2)c(F)c1F. The lowest BCUT2D eigenvalue weighted by Crippen LogP contribution is -2.47. The Morgan fingerprint density at radius 2 is 1.57 bits per heavy atom. The van der Waals surface area contributed by atoms with Crippen molar-refractivity contribution in [1.29, 1.82) is 0 Å². The van der Waals surface area contributed by atoms with Crippen molar-refractivity contribution < 1.29 is 13.2 Å². The maximum absolute atomic E-state index is 14.3. The molecule has 1 aliphatic carbocycles. The van der Waals surface area contributed by atoms with Crippen LogP contribution in [0.25, 0.3) is 0 Å². The van der Waals surface area contributed by atoms with Crippen molar-refractivity contribution in [2.24, 2.45) is 5.92 Å². The van der Waals surface area contributed by atoms with E-state index in [0.717, 1.165) is 57.9 Å². The van der Waals surface area contributed by atoms with Crippen LogP contribution in [-0.4, -0.2) is 31.1 Å². The van der Waals surface area contributed by atoms with Crippen LogP contribution in [-0.2, 0) is 0 Å². The zero-order valence-corrected chi connectivity index (χ0v) is 14.5. The number of hydrogen-bond donors (Lipinski definition) is 1. The predicted octanol–water partition coefficient (Wildman–Crippen LogP) is 4.08. The summed E-state index contributed by atoms with van der Waals surface area (Å²) in [5, 5.41) is 3.28. The van der Waals surface area contributed by atoms with Gasteiger partial charge in [-0.2, -0.15) is 0 Å². The summed E-state index contributed by atoms with van der Waals surface area (Å²) in [5.74, 6) is -3.12. The third-order valence-corrected chi connectivity index (χ3v) is 4.78. The Balaban J connectivity index is 0.00000132. The summed E-state index contributed by atoms with van der Waals surface area (Å²) in [7, 11) is 0. The molecule has 0 spiro atoms. The molecule has 23 heavy (non-hydrogen) atoms. The first kappa shape index (κ1) is 20.6. The number of nitrogens with one attached hydrogen (secondary N) is 1. The molecule has 0 bridgehead atoms. The van der Waals surface area contributed by atoms with Gasteiger partial charge in [0.1, 0.15) is 0 Å². The van der Waals surface area contributed by atoms with E-state index >= 15 is 0 Å². The third-order valence-electron chi connectivity index (χ3n) is 4.78. The molecule has 3 rings (SSSR count). The van der Waals surface area contributed by atoms with Gasteiger partial charge >= 0.3 is 0 Å². The van der Waals surface area contributed by atoms with Gasteiger partial charge in [0.05, 0.1) is 0 Å². The Labute approximate surface area is 147 Å². The van der Waals surface area contributed by atoms with Crippen LogP contribution in [0.5, 0.6) is 0 Å². The van der Waals surface area contributed by atoms with Gasteiger partial charge in [0.15, 0.2) is 17.5 Å². The number of piperazine rings is 1. The van der Waals surface area contributed by atoms with Crippen molar-refractivity contribution >= 4 is 24.8 Å². The topological polar surface area (TPSA) is 15.3 Å². The minimum Gasteiger partial charge on any atom is -0.314 e. The average molecular weight is 371 g/mol. The highest BCUT2D eigenvalue weighted by atomic mass is 35.5. The van der Waals surface area contributed by atoms with Gasteiger partial charge in [0.2, 0.25) is 0 Å². The molecule has 132 valence electrons. The number of nitrogens with zero attached hydrogens (tertiary/aromatic N) is 1. The highest BCUT2D eigenvalue weighted by molar-refractivity contribution is 5.85. The van der Waals surface area contributed by atoms with E-state index < -0.39 is 17.5 Å². The summed E-state index contributed by atoms with van der Waals surface area (Å²) in [6.07, 6.45) is 4.34. The predicted molar refractivity (Wildman–Crippen MR) is 90.0 cm³/mol. The molecule has 1 aromatic rings. The van der Waals surface area contributed by atoms with Crippen molar-refractivity contribution in [2.45, 2.75) is 31.7 Å². The maximum Gasteiger partial charge on any atom is 0.194 e. The van der Waals surface area contributed by atoms with E-state index in [4.69, 9.17) is 0 Å². The highest BCUT2D eigenvalue weighted by Crippen LogP contribution is 2.41. The Bertz CT molecular complexity index is 504. The zero-order valence-electron chi connectivity index (χ0n) is 12.9. The van der Waals surface area contributed by atoms with Crippen LogP contribution < -0.4 is 5.32 Å². The van der Waals surface area contributed by atoms with Gasteiger partial charge in [-0.1, -0.05) is 18.9 Å². The first-order valence-corrected chi connectivity index (χ1v) is 7.76. The van der Waals surface area contributed by atoms with Gasteiger partial charge in [0, 0.05) is 37.8 Å². The molecule has 1 aliphatic heterocycles. The lowest BCUT2D eigenvalue weighted by Gasteiger charge is -2.38. The summed E-state index contributed by atoms with van der Waals surface area (Å²) in [6, 6.07) is 2.35. The minimum absolute atomic E-state index is 0. The molecule has 1 atom stereocenters. The normalized spacial score (nSPS) is 20.7. The van der Waals surface area contributed by atoms with E-state index in [1.807, 2.05) is 0 Å². The summed E-state index contributed by atoms with van der Waals surface area (Å²) in [5.41, 5.74) is 0.322. The first-order valence-electron chi connectivity index (χ1n) is 7.76. The lowest BCUT2D eigenvalue weighted by atomic mass is 9.89. The van der Waals surface area contributed by atoms with E-state index in [9.17, 15) is 13.2 Å².